The van der Waals surface area contributed by atoms with Gasteiger partial charge in [-0.05, 0) is 32.9 Å². The summed E-state index contributed by atoms with van der Waals surface area (Å²) < 4.78 is 7.04. The van der Waals surface area contributed by atoms with Gasteiger partial charge in [0, 0.05) is 0 Å². The van der Waals surface area contributed by atoms with E-state index in [1.165, 1.54) is 4.57 Å². The van der Waals surface area contributed by atoms with Crippen LogP contribution in [0.3, 0.4) is 0 Å². The molecule has 0 bridgehead atoms. The smallest absolute Gasteiger partial charge is 0.420 e. The molecule has 0 radical (unpaired) electrons. The van der Waals surface area contributed by atoms with Crippen molar-refractivity contribution in [3.05, 3.63) is 23.5 Å². The molecule has 0 aromatic carbocycles. The fourth-order valence-corrected chi connectivity index (χ4v) is 2.65. The fraction of sp³-hybridized carbons (Fsp3) is 0.526. The van der Waals surface area contributed by atoms with Crippen molar-refractivity contribution in [1.29, 1.82) is 0 Å². The Balaban J connectivity index is 3.40. The molecule has 0 atom stereocenters. The summed E-state index contributed by atoms with van der Waals surface area (Å²) in [6.07, 6.45) is -0.424. The molecule has 130 valence electrons. The van der Waals surface area contributed by atoms with Crippen LogP contribution in [-0.4, -0.2) is 32.4 Å². The molecule has 24 heavy (non-hydrogen) atoms. The number of hydrogen-bond donors (Lipinski definition) is 0. The SMILES string of the molecule is CC(C)(C)OC(=O)n1c(C#C[Si](C)(C)C)ccc1C#C[Si](C)(C)C. The highest BCUT2D eigenvalue weighted by Crippen LogP contribution is 2.14. The Kier molecular flexibility index (Phi) is 5.97. The van der Waals surface area contributed by atoms with Crippen LogP contribution in [0.2, 0.25) is 39.3 Å². The molecule has 0 saturated carbocycles. The Hall–Kier alpha value is -1.70. The zero-order valence-corrected chi connectivity index (χ0v) is 18.4. The lowest BCUT2D eigenvalue weighted by molar-refractivity contribution is 0.0535. The largest absolute Gasteiger partial charge is 0.443 e. The van der Waals surface area contributed by atoms with E-state index in [0.717, 1.165) is 0 Å². The van der Waals surface area contributed by atoms with Crippen LogP contribution in [0.15, 0.2) is 12.1 Å². The average molecular weight is 360 g/mol. The van der Waals surface area contributed by atoms with Crippen molar-refractivity contribution in [2.75, 3.05) is 0 Å². The van der Waals surface area contributed by atoms with Gasteiger partial charge in [0.1, 0.15) is 33.1 Å². The summed E-state index contributed by atoms with van der Waals surface area (Å²) in [5.41, 5.74) is 7.33. The third-order valence-electron chi connectivity index (χ3n) is 2.59. The topological polar surface area (TPSA) is 31.2 Å². The van der Waals surface area contributed by atoms with Gasteiger partial charge in [-0.1, -0.05) is 51.1 Å². The zero-order valence-electron chi connectivity index (χ0n) is 16.4. The molecule has 0 aliphatic heterocycles. The minimum atomic E-state index is -1.54. The highest BCUT2D eigenvalue weighted by Gasteiger charge is 2.22. The Bertz CT molecular complexity index is 684. The standard InChI is InChI=1S/C19H29NO2Si2/c1-19(2,3)22-18(21)20-16(12-14-23(4,5)6)10-11-17(20)13-15-24(7,8)9/h10-11H,1-9H3. The number of ether oxygens (including phenoxy) is 1. The number of aromatic nitrogens is 1. The van der Waals surface area contributed by atoms with Crippen LogP contribution in [0, 0.1) is 22.9 Å². The number of nitrogens with zero attached hydrogens (tertiary/aromatic N) is 1. The minimum Gasteiger partial charge on any atom is -0.443 e. The van der Waals surface area contributed by atoms with Crippen molar-refractivity contribution in [1.82, 2.24) is 4.57 Å². The Labute approximate surface area is 148 Å². The maximum Gasteiger partial charge on any atom is 0.420 e. The van der Waals surface area contributed by atoms with E-state index < -0.39 is 27.8 Å². The van der Waals surface area contributed by atoms with E-state index in [0.29, 0.717) is 11.4 Å². The predicted octanol–water partition coefficient (Wildman–Crippen LogP) is 4.73. The molecular weight excluding hydrogens is 330 g/mol. The monoisotopic (exact) mass is 359 g/mol. The second kappa shape index (κ2) is 7.05. The van der Waals surface area contributed by atoms with E-state index in [1.54, 1.807) is 0 Å². The predicted molar refractivity (Wildman–Crippen MR) is 107 cm³/mol. The van der Waals surface area contributed by atoms with E-state index in [4.69, 9.17) is 4.74 Å². The van der Waals surface area contributed by atoms with E-state index in [2.05, 4.69) is 62.2 Å². The van der Waals surface area contributed by atoms with Crippen molar-refractivity contribution in [3.8, 4) is 22.9 Å². The summed E-state index contributed by atoms with van der Waals surface area (Å²) in [7, 11) is -3.08. The molecular formula is C19H29NO2Si2. The van der Waals surface area contributed by atoms with Gasteiger partial charge < -0.3 is 4.74 Å². The van der Waals surface area contributed by atoms with Gasteiger partial charge >= 0.3 is 6.09 Å². The van der Waals surface area contributed by atoms with Crippen LogP contribution in [0.4, 0.5) is 4.79 Å². The second-order valence-corrected chi connectivity index (χ2v) is 18.4. The van der Waals surface area contributed by atoms with Gasteiger partial charge in [-0.3, -0.25) is 0 Å². The van der Waals surface area contributed by atoms with E-state index in [-0.39, 0.29) is 0 Å². The summed E-state index contributed by atoms with van der Waals surface area (Å²) in [5.74, 6) is 6.31. The summed E-state index contributed by atoms with van der Waals surface area (Å²) >= 11 is 0. The number of carbonyl (C=O) groups excluding carboxylic acids is 1. The quantitative estimate of drug-likeness (QED) is 0.495. The van der Waals surface area contributed by atoms with Gasteiger partial charge in [0.25, 0.3) is 0 Å². The molecule has 0 amide bonds. The van der Waals surface area contributed by atoms with Crippen LogP contribution >= 0.6 is 0 Å². The van der Waals surface area contributed by atoms with Gasteiger partial charge in [-0.15, -0.1) is 11.1 Å². The van der Waals surface area contributed by atoms with Crippen LogP contribution in [-0.2, 0) is 4.74 Å². The van der Waals surface area contributed by atoms with Gasteiger partial charge in [-0.2, -0.15) is 0 Å². The lowest BCUT2D eigenvalue weighted by Crippen LogP contribution is -2.28. The van der Waals surface area contributed by atoms with Crippen molar-refractivity contribution >= 4 is 22.2 Å². The molecule has 3 nitrogen and oxygen atoms in total. The first-order valence-corrected chi connectivity index (χ1v) is 15.2. The second-order valence-electron chi connectivity index (χ2n) is 8.92. The molecule has 1 heterocycles. The highest BCUT2D eigenvalue weighted by molar-refractivity contribution is 6.84. The fourth-order valence-electron chi connectivity index (χ4n) is 1.64. The third-order valence-corrected chi connectivity index (χ3v) is 4.34. The molecule has 5 heteroatoms. The van der Waals surface area contributed by atoms with Gasteiger partial charge in [0.15, 0.2) is 0 Å². The maximum atomic E-state index is 12.6. The highest BCUT2D eigenvalue weighted by atomic mass is 28.3. The van der Waals surface area contributed by atoms with E-state index in [9.17, 15) is 4.79 Å². The molecule has 0 aliphatic rings. The Morgan fingerprint density at radius 1 is 0.917 bits per heavy atom. The molecule has 0 fully saturated rings. The van der Waals surface area contributed by atoms with Crippen LogP contribution < -0.4 is 0 Å². The molecule has 1 aromatic rings. The molecule has 0 spiro atoms. The minimum absolute atomic E-state index is 0.424. The lowest BCUT2D eigenvalue weighted by atomic mass is 10.2. The average Bonchev–Trinajstić information content (AvgIpc) is 2.73. The Morgan fingerprint density at radius 3 is 1.58 bits per heavy atom. The normalized spacial score (nSPS) is 11.9. The van der Waals surface area contributed by atoms with Crippen molar-refractivity contribution < 1.29 is 9.53 Å². The zero-order chi connectivity index (χ0) is 18.8. The number of rotatable bonds is 0. The van der Waals surface area contributed by atoms with Crippen molar-refractivity contribution in [2.45, 2.75) is 65.7 Å². The lowest BCUT2D eigenvalue weighted by Gasteiger charge is -2.20. The van der Waals surface area contributed by atoms with Crippen molar-refractivity contribution in [2.24, 2.45) is 0 Å². The van der Waals surface area contributed by atoms with E-state index in [1.807, 2.05) is 32.9 Å². The van der Waals surface area contributed by atoms with Crippen LogP contribution in [0.25, 0.3) is 0 Å². The van der Waals surface area contributed by atoms with Gasteiger partial charge in [0.05, 0.1) is 0 Å². The molecule has 0 saturated heterocycles. The Morgan fingerprint density at radius 2 is 1.29 bits per heavy atom. The number of carbonyl (C=O) groups is 1. The van der Waals surface area contributed by atoms with Crippen molar-refractivity contribution in [3.63, 3.8) is 0 Å². The summed E-state index contributed by atoms with van der Waals surface area (Å²) in [6.45, 7) is 18.6. The van der Waals surface area contributed by atoms with Gasteiger partial charge in [-0.25, -0.2) is 9.36 Å². The maximum absolute atomic E-state index is 12.6. The summed E-state index contributed by atoms with van der Waals surface area (Å²) in [6, 6.07) is 3.70. The molecule has 1 rings (SSSR count). The van der Waals surface area contributed by atoms with Gasteiger partial charge in [0.2, 0.25) is 0 Å². The molecule has 1 aromatic heterocycles. The first-order valence-electron chi connectivity index (χ1n) is 8.19. The van der Waals surface area contributed by atoms with E-state index >= 15 is 0 Å². The number of hydrogen-bond acceptors (Lipinski definition) is 2. The first kappa shape index (κ1) is 20.3. The summed E-state index contributed by atoms with van der Waals surface area (Å²) in [4.78, 5) is 12.6. The molecule has 0 unspecified atom stereocenters. The van der Waals surface area contributed by atoms with Crippen LogP contribution in [0.1, 0.15) is 32.2 Å². The molecule has 0 N–H and O–H groups in total. The first-order chi connectivity index (χ1) is 10.7. The molecule has 0 aliphatic carbocycles. The van der Waals surface area contributed by atoms with Crippen LogP contribution in [0.5, 0.6) is 0 Å². The third kappa shape index (κ3) is 7.25. The summed E-state index contributed by atoms with van der Waals surface area (Å²) in [5, 5.41) is 0.